The fourth-order valence-corrected chi connectivity index (χ4v) is 2.43. The molecule has 0 aliphatic carbocycles. The van der Waals surface area contributed by atoms with Gasteiger partial charge in [0.05, 0.1) is 5.56 Å². The standard InChI is InChI=1S/C20H25N3O3/c1-22(2)12-13-23(15-17-6-4-3-5-7-17)20(26)21-14-16-8-10-18(11-9-16)19(24)25/h3-11H,12-15H2,1-2H3,(H,21,26)(H,24,25). The maximum absolute atomic E-state index is 12.6. The molecule has 26 heavy (non-hydrogen) atoms. The molecule has 0 saturated heterocycles. The molecule has 0 aliphatic heterocycles. The average Bonchev–Trinajstić information content (AvgIpc) is 2.64. The van der Waals surface area contributed by atoms with Crippen molar-refractivity contribution in [3.05, 3.63) is 71.3 Å². The van der Waals surface area contributed by atoms with Crippen LogP contribution in [0, 0.1) is 0 Å². The van der Waals surface area contributed by atoms with Gasteiger partial charge in [-0.3, -0.25) is 0 Å². The van der Waals surface area contributed by atoms with Crippen molar-refractivity contribution >= 4 is 12.0 Å². The number of benzene rings is 2. The van der Waals surface area contributed by atoms with Crippen LogP contribution >= 0.6 is 0 Å². The zero-order valence-electron chi connectivity index (χ0n) is 15.2. The molecule has 2 aromatic rings. The van der Waals surface area contributed by atoms with E-state index in [0.29, 0.717) is 19.6 Å². The molecule has 0 saturated carbocycles. The number of urea groups is 1. The summed E-state index contributed by atoms with van der Waals surface area (Å²) in [4.78, 5) is 27.3. The number of likely N-dealkylation sites (N-methyl/N-ethyl adjacent to an activating group) is 1. The smallest absolute Gasteiger partial charge is 0.335 e. The molecule has 0 aliphatic rings. The Hall–Kier alpha value is -2.86. The van der Waals surface area contributed by atoms with Gasteiger partial charge in [0.1, 0.15) is 0 Å². The largest absolute Gasteiger partial charge is 0.478 e. The first-order valence-corrected chi connectivity index (χ1v) is 8.49. The summed E-state index contributed by atoms with van der Waals surface area (Å²) in [5, 5.41) is 11.8. The topological polar surface area (TPSA) is 72.9 Å². The number of carboxylic acid groups (broad SMARTS) is 1. The zero-order chi connectivity index (χ0) is 18.9. The number of amides is 2. The van der Waals surface area contributed by atoms with Crippen LogP contribution in [0.25, 0.3) is 0 Å². The van der Waals surface area contributed by atoms with E-state index in [1.807, 2.05) is 49.3 Å². The van der Waals surface area contributed by atoms with Gasteiger partial charge in [-0.15, -0.1) is 0 Å². The summed E-state index contributed by atoms with van der Waals surface area (Å²) >= 11 is 0. The molecule has 2 amide bonds. The maximum Gasteiger partial charge on any atom is 0.335 e. The first-order valence-electron chi connectivity index (χ1n) is 8.49. The number of rotatable bonds is 8. The highest BCUT2D eigenvalue weighted by molar-refractivity contribution is 5.87. The molecular weight excluding hydrogens is 330 g/mol. The first-order chi connectivity index (χ1) is 12.5. The van der Waals surface area contributed by atoms with Gasteiger partial charge >= 0.3 is 12.0 Å². The lowest BCUT2D eigenvalue weighted by molar-refractivity contribution is 0.0697. The third kappa shape index (κ3) is 6.22. The Balaban J connectivity index is 1.97. The second-order valence-electron chi connectivity index (χ2n) is 6.37. The Labute approximate surface area is 154 Å². The van der Waals surface area contributed by atoms with Gasteiger partial charge in [0.25, 0.3) is 0 Å². The van der Waals surface area contributed by atoms with Crippen LogP contribution in [0.1, 0.15) is 21.5 Å². The minimum atomic E-state index is -0.960. The van der Waals surface area contributed by atoms with Crippen molar-refractivity contribution in [3.63, 3.8) is 0 Å². The van der Waals surface area contributed by atoms with Gasteiger partial charge in [0, 0.05) is 26.2 Å². The van der Waals surface area contributed by atoms with Crippen molar-refractivity contribution in [2.75, 3.05) is 27.2 Å². The lowest BCUT2D eigenvalue weighted by atomic mass is 10.1. The predicted molar refractivity (Wildman–Crippen MR) is 101 cm³/mol. The number of carboxylic acids is 1. The summed E-state index contributed by atoms with van der Waals surface area (Å²) in [6.07, 6.45) is 0. The van der Waals surface area contributed by atoms with Crippen LogP contribution in [0.2, 0.25) is 0 Å². The Morgan fingerprint density at radius 2 is 1.58 bits per heavy atom. The Kier molecular flexibility index (Phi) is 7.17. The van der Waals surface area contributed by atoms with Gasteiger partial charge < -0.3 is 20.2 Å². The first kappa shape index (κ1) is 19.5. The molecule has 0 radical (unpaired) electrons. The van der Waals surface area contributed by atoms with E-state index in [1.165, 1.54) is 12.1 Å². The molecule has 2 aromatic carbocycles. The fraction of sp³-hybridized carbons (Fsp3) is 0.300. The van der Waals surface area contributed by atoms with Gasteiger partial charge in [0.2, 0.25) is 0 Å². The number of nitrogens with zero attached hydrogens (tertiary/aromatic N) is 2. The summed E-state index contributed by atoms with van der Waals surface area (Å²) in [7, 11) is 3.95. The molecule has 0 spiro atoms. The average molecular weight is 355 g/mol. The number of hydrogen-bond donors (Lipinski definition) is 2. The van der Waals surface area contributed by atoms with E-state index < -0.39 is 5.97 Å². The van der Waals surface area contributed by atoms with Crippen LogP contribution in [0.5, 0.6) is 0 Å². The monoisotopic (exact) mass is 355 g/mol. The van der Waals surface area contributed by atoms with Crippen molar-refractivity contribution < 1.29 is 14.7 Å². The summed E-state index contributed by atoms with van der Waals surface area (Å²) in [5.41, 5.74) is 2.17. The zero-order valence-corrected chi connectivity index (χ0v) is 15.2. The molecule has 0 heterocycles. The third-order valence-electron chi connectivity index (χ3n) is 3.97. The molecule has 0 unspecified atom stereocenters. The number of carbonyl (C=O) groups excluding carboxylic acids is 1. The molecule has 2 N–H and O–H groups in total. The molecule has 0 bridgehead atoms. The normalized spacial score (nSPS) is 10.6. The highest BCUT2D eigenvalue weighted by Crippen LogP contribution is 2.07. The van der Waals surface area contributed by atoms with Crippen LogP contribution in [-0.4, -0.2) is 54.1 Å². The second-order valence-corrected chi connectivity index (χ2v) is 6.37. The van der Waals surface area contributed by atoms with Gasteiger partial charge in [-0.1, -0.05) is 42.5 Å². The molecule has 6 heteroatoms. The number of aromatic carboxylic acids is 1. The fourth-order valence-electron chi connectivity index (χ4n) is 2.43. The summed E-state index contributed by atoms with van der Waals surface area (Å²) in [6.45, 7) is 2.28. The van der Waals surface area contributed by atoms with Crippen LogP contribution in [0.3, 0.4) is 0 Å². The van der Waals surface area contributed by atoms with Crippen molar-refractivity contribution in [1.29, 1.82) is 0 Å². The van der Waals surface area contributed by atoms with Gasteiger partial charge in [-0.25, -0.2) is 9.59 Å². The van der Waals surface area contributed by atoms with Crippen molar-refractivity contribution in [2.45, 2.75) is 13.1 Å². The highest BCUT2D eigenvalue weighted by atomic mass is 16.4. The van der Waals surface area contributed by atoms with E-state index in [4.69, 9.17) is 5.11 Å². The van der Waals surface area contributed by atoms with E-state index in [0.717, 1.165) is 17.7 Å². The lowest BCUT2D eigenvalue weighted by Gasteiger charge is -2.25. The Morgan fingerprint density at radius 3 is 2.15 bits per heavy atom. The molecule has 138 valence electrons. The molecule has 2 rings (SSSR count). The van der Waals surface area contributed by atoms with E-state index in [2.05, 4.69) is 5.32 Å². The molecule has 0 aromatic heterocycles. The second kappa shape index (κ2) is 9.58. The van der Waals surface area contributed by atoms with E-state index in [9.17, 15) is 9.59 Å². The molecule has 6 nitrogen and oxygen atoms in total. The van der Waals surface area contributed by atoms with Gasteiger partial charge in [0.15, 0.2) is 0 Å². The minimum Gasteiger partial charge on any atom is -0.478 e. The van der Waals surface area contributed by atoms with Crippen molar-refractivity contribution in [3.8, 4) is 0 Å². The van der Waals surface area contributed by atoms with Gasteiger partial charge in [-0.05, 0) is 37.4 Å². The Bertz CT molecular complexity index is 715. The Morgan fingerprint density at radius 1 is 0.923 bits per heavy atom. The highest BCUT2D eigenvalue weighted by Gasteiger charge is 2.14. The number of nitrogens with one attached hydrogen (secondary N) is 1. The molecular formula is C20H25N3O3. The van der Waals surface area contributed by atoms with Crippen molar-refractivity contribution in [1.82, 2.24) is 15.1 Å². The predicted octanol–water partition coefficient (Wildman–Crippen LogP) is 2.66. The minimum absolute atomic E-state index is 0.141. The molecule has 0 fully saturated rings. The third-order valence-corrected chi connectivity index (χ3v) is 3.97. The van der Waals surface area contributed by atoms with E-state index >= 15 is 0 Å². The summed E-state index contributed by atoms with van der Waals surface area (Å²) < 4.78 is 0. The number of carbonyl (C=O) groups is 2. The van der Waals surface area contributed by atoms with E-state index in [-0.39, 0.29) is 11.6 Å². The van der Waals surface area contributed by atoms with Crippen molar-refractivity contribution in [2.24, 2.45) is 0 Å². The summed E-state index contributed by atoms with van der Waals surface area (Å²) in [6, 6.07) is 16.2. The SMILES string of the molecule is CN(C)CCN(Cc1ccccc1)C(=O)NCc1ccc(C(=O)O)cc1. The van der Waals surface area contributed by atoms with Crippen LogP contribution in [-0.2, 0) is 13.1 Å². The van der Waals surface area contributed by atoms with Crippen LogP contribution in [0.4, 0.5) is 4.79 Å². The van der Waals surface area contributed by atoms with E-state index in [1.54, 1.807) is 17.0 Å². The van der Waals surface area contributed by atoms with Gasteiger partial charge in [-0.2, -0.15) is 0 Å². The quantitative estimate of drug-likeness (QED) is 0.764. The lowest BCUT2D eigenvalue weighted by Crippen LogP contribution is -2.42. The number of hydrogen-bond acceptors (Lipinski definition) is 3. The maximum atomic E-state index is 12.6. The summed E-state index contributed by atoms with van der Waals surface area (Å²) in [5.74, 6) is -0.960. The van der Waals surface area contributed by atoms with Crippen LogP contribution < -0.4 is 5.32 Å². The molecule has 0 atom stereocenters. The van der Waals surface area contributed by atoms with Crippen LogP contribution in [0.15, 0.2) is 54.6 Å².